The zero-order valence-corrected chi connectivity index (χ0v) is 28.9. The Morgan fingerprint density at radius 2 is 1.57 bits per heavy atom. The van der Waals surface area contributed by atoms with Gasteiger partial charge in [0.1, 0.15) is 11.2 Å². The number of ether oxygens (including phenoxy) is 2. The second-order valence-electron chi connectivity index (χ2n) is 13.2. The van der Waals surface area contributed by atoms with E-state index in [1.54, 1.807) is 96.1 Å². The average Bonchev–Trinajstić information content (AvgIpc) is 3.54. The van der Waals surface area contributed by atoms with Crippen molar-refractivity contribution < 1.29 is 27.5 Å². The molecule has 0 radical (unpaired) electrons. The molecule has 0 fully saturated rings. The first-order valence-corrected chi connectivity index (χ1v) is 16.8. The van der Waals surface area contributed by atoms with Gasteiger partial charge in [-0.05, 0) is 103 Å². The second kappa shape index (κ2) is 12.6. The van der Waals surface area contributed by atoms with Gasteiger partial charge >= 0.3 is 12.2 Å². The fraction of sp³-hybridized carbons (Fsp3) is 0.324. The number of hydrogen-bond acceptors (Lipinski definition) is 8. The third-order valence-electron chi connectivity index (χ3n) is 6.92. The van der Waals surface area contributed by atoms with Crippen molar-refractivity contribution in [2.75, 3.05) is 11.9 Å². The van der Waals surface area contributed by atoms with Gasteiger partial charge in [0.25, 0.3) is 10.0 Å². The van der Waals surface area contributed by atoms with E-state index in [-0.39, 0.29) is 17.9 Å². The average molecular weight is 680 g/mol. The van der Waals surface area contributed by atoms with Crippen LogP contribution in [0.4, 0.5) is 21.1 Å². The monoisotopic (exact) mass is 679 g/mol. The first kappa shape index (κ1) is 33.8. The Balaban J connectivity index is 1.64. The minimum atomic E-state index is -4.09. The summed E-state index contributed by atoms with van der Waals surface area (Å²) in [5.74, 6) is 0.363. The van der Waals surface area contributed by atoms with Crippen LogP contribution in [0.25, 0.3) is 21.8 Å². The molecule has 1 amide bonds. The van der Waals surface area contributed by atoms with Crippen molar-refractivity contribution in [3.05, 3.63) is 83.0 Å². The number of halogens is 1. The van der Waals surface area contributed by atoms with Gasteiger partial charge in [-0.3, -0.25) is 0 Å². The highest BCUT2D eigenvalue weighted by atomic mass is 35.5. The molecule has 11 nitrogen and oxygen atoms in total. The molecular formula is C34H38ClN5O6S. The summed E-state index contributed by atoms with van der Waals surface area (Å²) < 4.78 is 41.9. The molecule has 0 atom stereocenters. The topological polar surface area (TPSA) is 134 Å². The molecule has 2 N–H and O–H groups in total. The third-order valence-corrected chi connectivity index (χ3v) is 8.89. The van der Waals surface area contributed by atoms with E-state index in [9.17, 15) is 18.0 Å². The fourth-order valence-corrected chi connectivity index (χ4v) is 6.79. The molecule has 0 aliphatic heterocycles. The molecule has 0 bridgehead atoms. The van der Waals surface area contributed by atoms with Crippen LogP contribution in [0, 0.1) is 6.92 Å². The summed E-state index contributed by atoms with van der Waals surface area (Å²) in [4.78, 5) is 25.2. The Bertz CT molecular complexity index is 2090. The third kappa shape index (κ3) is 7.71. The van der Waals surface area contributed by atoms with Crippen molar-refractivity contribution in [3.8, 4) is 0 Å². The molecule has 5 rings (SSSR count). The van der Waals surface area contributed by atoms with Crippen LogP contribution in [0.1, 0.15) is 52.7 Å². The van der Waals surface area contributed by atoms with E-state index in [1.165, 1.54) is 10.2 Å². The van der Waals surface area contributed by atoms with Crippen molar-refractivity contribution in [2.24, 2.45) is 0 Å². The number of carbonyl (C=O) groups excluding carboxylic acids is 2. The molecule has 0 aliphatic carbocycles. The van der Waals surface area contributed by atoms with Crippen LogP contribution in [0.2, 0.25) is 5.02 Å². The number of nitrogens with zero attached hydrogens (tertiary/aromatic N) is 3. The molecule has 0 unspecified atom stereocenters. The zero-order valence-electron chi connectivity index (χ0n) is 27.3. The first-order valence-electron chi connectivity index (χ1n) is 15.0. The fourth-order valence-electron chi connectivity index (χ4n) is 5.05. The number of carbonyl (C=O) groups is 2. The van der Waals surface area contributed by atoms with Gasteiger partial charge in [0.2, 0.25) is 0 Å². The Morgan fingerprint density at radius 1 is 0.894 bits per heavy atom. The smallest absolute Gasteiger partial charge is 0.435 e. The Hall–Kier alpha value is -4.55. The number of aryl methyl sites for hydroxylation is 1. The number of alkyl carbamates (subject to hydrolysis) is 1. The summed E-state index contributed by atoms with van der Waals surface area (Å²) in [6.45, 7) is 12.7. The van der Waals surface area contributed by atoms with E-state index in [1.807, 2.05) is 13.0 Å². The Kier molecular flexibility index (Phi) is 9.04. The van der Waals surface area contributed by atoms with Gasteiger partial charge < -0.3 is 20.1 Å². The van der Waals surface area contributed by atoms with Gasteiger partial charge in [-0.2, -0.15) is 4.68 Å². The quantitative estimate of drug-likeness (QED) is 0.178. The maximum Gasteiger partial charge on any atom is 0.435 e. The lowest BCUT2D eigenvalue weighted by molar-refractivity contribution is 0.0508. The molecule has 0 spiro atoms. The summed E-state index contributed by atoms with van der Waals surface area (Å²) in [5.41, 5.74) is 1.63. The van der Waals surface area contributed by atoms with Gasteiger partial charge in [-0.25, -0.2) is 22.0 Å². The number of benzene rings is 3. The van der Waals surface area contributed by atoms with E-state index >= 15 is 0 Å². The summed E-state index contributed by atoms with van der Waals surface area (Å²) >= 11 is 6.44. The number of amides is 1. The molecule has 13 heteroatoms. The predicted molar refractivity (Wildman–Crippen MR) is 183 cm³/mol. The molecule has 47 heavy (non-hydrogen) atoms. The summed E-state index contributed by atoms with van der Waals surface area (Å²) in [7, 11) is -4.09. The summed E-state index contributed by atoms with van der Waals surface area (Å²) in [5, 5.41) is 12.0. The standard InChI is InChI=1S/C34H38ClN5O6S/c1-21-8-11-25(12-9-21)47(43,44)40-28-13-10-23(35)19-26(28)27-20-24(37-29-15-17-39(38-29)32(42)46-34(5,6)7)18-22(30(27)40)14-16-36-31(41)45-33(2,3)4/h8-13,15,17-20H,14,16H2,1-7H3,(H,36,41)(H,37,38). The van der Waals surface area contributed by atoms with Crippen molar-refractivity contribution >= 4 is 67.1 Å². The van der Waals surface area contributed by atoms with Crippen LogP contribution in [-0.4, -0.2) is 52.1 Å². The largest absolute Gasteiger partial charge is 0.444 e. The number of fused-ring (bicyclic) bond motifs is 3. The van der Waals surface area contributed by atoms with Crippen LogP contribution >= 0.6 is 11.6 Å². The van der Waals surface area contributed by atoms with E-state index in [0.717, 1.165) is 10.2 Å². The summed E-state index contributed by atoms with van der Waals surface area (Å²) in [6.07, 6.45) is 0.523. The second-order valence-corrected chi connectivity index (χ2v) is 15.4. The number of nitrogens with one attached hydrogen (secondary N) is 2. The lowest BCUT2D eigenvalue weighted by Crippen LogP contribution is -2.33. The van der Waals surface area contributed by atoms with Gasteiger partial charge in [0, 0.05) is 40.3 Å². The van der Waals surface area contributed by atoms with Crippen molar-refractivity contribution in [3.63, 3.8) is 0 Å². The molecule has 0 saturated heterocycles. The van der Waals surface area contributed by atoms with E-state index in [2.05, 4.69) is 15.7 Å². The molecule has 0 saturated carbocycles. The lowest BCUT2D eigenvalue weighted by atomic mass is 10.0. The number of hydrogen-bond donors (Lipinski definition) is 2. The number of rotatable bonds is 7. The Labute approximate surface area is 278 Å². The van der Waals surface area contributed by atoms with E-state index < -0.39 is 33.4 Å². The van der Waals surface area contributed by atoms with Gasteiger partial charge in [-0.15, -0.1) is 5.10 Å². The molecular weight excluding hydrogens is 642 g/mol. The maximum atomic E-state index is 14.3. The Morgan fingerprint density at radius 3 is 2.23 bits per heavy atom. The zero-order chi connectivity index (χ0) is 34.3. The number of anilines is 2. The van der Waals surface area contributed by atoms with Crippen LogP contribution < -0.4 is 10.6 Å². The molecule has 3 aromatic carbocycles. The van der Waals surface area contributed by atoms with Gasteiger partial charge in [0.05, 0.1) is 15.9 Å². The lowest BCUT2D eigenvalue weighted by Gasteiger charge is -2.20. The highest BCUT2D eigenvalue weighted by molar-refractivity contribution is 7.90. The normalized spacial score (nSPS) is 12.3. The molecule has 5 aromatic rings. The van der Waals surface area contributed by atoms with Crippen LogP contribution in [0.15, 0.2) is 71.8 Å². The van der Waals surface area contributed by atoms with Crippen LogP contribution in [0.3, 0.4) is 0 Å². The van der Waals surface area contributed by atoms with Crippen molar-refractivity contribution in [1.82, 2.24) is 19.1 Å². The minimum Gasteiger partial charge on any atom is -0.444 e. The van der Waals surface area contributed by atoms with Crippen molar-refractivity contribution in [2.45, 2.75) is 71.0 Å². The minimum absolute atomic E-state index is 0.129. The van der Waals surface area contributed by atoms with Crippen molar-refractivity contribution in [1.29, 1.82) is 0 Å². The maximum absolute atomic E-state index is 14.3. The molecule has 2 aromatic heterocycles. The van der Waals surface area contributed by atoms with E-state index in [0.29, 0.717) is 43.9 Å². The van der Waals surface area contributed by atoms with E-state index in [4.69, 9.17) is 21.1 Å². The van der Waals surface area contributed by atoms with Crippen LogP contribution in [-0.2, 0) is 25.9 Å². The highest BCUT2D eigenvalue weighted by Crippen LogP contribution is 2.38. The SMILES string of the molecule is Cc1ccc(S(=O)(=O)n2c3ccc(Cl)cc3c3cc(Nc4ccn(C(=O)OC(C)(C)C)n4)cc(CCNC(=O)OC(C)(C)C)c32)cc1. The molecule has 248 valence electrons. The van der Waals surface area contributed by atoms with Crippen LogP contribution in [0.5, 0.6) is 0 Å². The predicted octanol–water partition coefficient (Wildman–Crippen LogP) is 7.78. The number of aromatic nitrogens is 3. The first-order chi connectivity index (χ1) is 21.9. The van der Waals surface area contributed by atoms with Gasteiger partial charge in [0.15, 0.2) is 5.82 Å². The molecule has 0 aliphatic rings. The van der Waals surface area contributed by atoms with Gasteiger partial charge in [-0.1, -0.05) is 29.3 Å². The highest BCUT2D eigenvalue weighted by Gasteiger charge is 2.26. The molecule has 2 heterocycles. The summed E-state index contributed by atoms with van der Waals surface area (Å²) in [6, 6.07) is 17.0.